The molecule has 2 amide bonds. The second kappa shape index (κ2) is 7.44. The summed E-state index contributed by atoms with van der Waals surface area (Å²) in [5, 5.41) is 2.87. The first-order valence-corrected chi connectivity index (χ1v) is 8.06. The molecule has 23 heavy (non-hydrogen) atoms. The zero-order valence-electron chi connectivity index (χ0n) is 14.0. The fraction of sp³-hybridized carbons (Fsp3) is 0.588. The Labute approximate surface area is 137 Å². The maximum atomic E-state index is 12.3. The Bertz CT molecular complexity index is 540. The standard InChI is InChI=1S/C17H25N3O3/c1-17(2,3)23-16(22)20-11-7-5-8-13(20)12-19-15(21)14-9-4-6-10-18-14/h4,6,9-10,13H,5,7-8,11-12H2,1-3H3,(H,19,21). The van der Waals surface area contributed by atoms with Crippen molar-refractivity contribution in [1.82, 2.24) is 15.2 Å². The molecule has 0 bridgehead atoms. The lowest BCUT2D eigenvalue weighted by Crippen LogP contribution is -2.50. The normalized spacial score (nSPS) is 18.4. The van der Waals surface area contributed by atoms with Crippen LogP contribution < -0.4 is 5.32 Å². The van der Waals surface area contributed by atoms with Crippen molar-refractivity contribution in [2.24, 2.45) is 0 Å². The average molecular weight is 319 g/mol. The molecule has 0 saturated carbocycles. The Hall–Kier alpha value is -2.11. The fourth-order valence-electron chi connectivity index (χ4n) is 2.57. The summed E-state index contributed by atoms with van der Waals surface area (Å²) in [5.41, 5.74) is -0.136. The topological polar surface area (TPSA) is 71.5 Å². The van der Waals surface area contributed by atoms with Gasteiger partial charge in [0.15, 0.2) is 0 Å². The Morgan fingerprint density at radius 3 is 2.78 bits per heavy atom. The predicted octanol–water partition coefficient (Wildman–Crippen LogP) is 2.60. The molecule has 1 aliphatic rings. The fourth-order valence-corrected chi connectivity index (χ4v) is 2.57. The number of pyridine rings is 1. The van der Waals surface area contributed by atoms with Gasteiger partial charge in [0.2, 0.25) is 0 Å². The third-order valence-electron chi connectivity index (χ3n) is 3.65. The van der Waals surface area contributed by atoms with E-state index in [4.69, 9.17) is 4.74 Å². The summed E-state index contributed by atoms with van der Waals surface area (Å²) in [6, 6.07) is 5.17. The van der Waals surface area contributed by atoms with Crippen LogP contribution in [0, 0.1) is 0 Å². The molecule has 6 nitrogen and oxygen atoms in total. The Balaban J connectivity index is 1.93. The van der Waals surface area contributed by atoms with Crippen molar-refractivity contribution in [2.45, 2.75) is 51.7 Å². The summed E-state index contributed by atoms with van der Waals surface area (Å²) in [7, 11) is 0. The lowest BCUT2D eigenvalue weighted by atomic mass is 10.0. The molecular formula is C17H25N3O3. The molecule has 1 unspecified atom stereocenters. The van der Waals surface area contributed by atoms with Crippen LogP contribution in [0.4, 0.5) is 4.79 Å². The van der Waals surface area contributed by atoms with Crippen LogP contribution in [0.25, 0.3) is 0 Å². The highest BCUT2D eigenvalue weighted by molar-refractivity contribution is 5.92. The average Bonchev–Trinajstić information content (AvgIpc) is 2.52. The van der Waals surface area contributed by atoms with Gasteiger partial charge in [-0.2, -0.15) is 0 Å². The van der Waals surface area contributed by atoms with Crippen LogP contribution in [0.1, 0.15) is 50.5 Å². The van der Waals surface area contributed by atoms with Crippen molar-refractivity contribution in [1.29, 1.82) is 0 Å². The number of ether oxygens (including phenoxy) is 1. The van der Waals surface area contributed by atoms with Gasteiger partial charge in [0, 0.05) is 19.3 Å². The molecule has 1 aliphatic heterocycles. The van der Waals surface area contributed by atoms with Crippen molar-refractivity contribution in [3.05, 3.63) is 30.1 Å². The van der Waals surface area contributed by atoms with Crippen molar-refractivity contribution >= 4 is 12.0 Å². The molecule has 6 heteroatoms. The van der Waals surface area contributed by atoms with Crippen LogP contribution in [-0.2, 0) is 4.74 Å². The van der Waals surface area contributed by atoms with E-state index in [9.17, 15) is 9.59 Å². The summed E-state index contributed by atoms with van der Waals surface area (Å²) in [4.78, 5) is 30.2. The number of amides is 2. The summed E-state index contributed by atoms with van der Waals surface area (Å²) >= 11 is 0. The second-order valence-corrected chi connectivity index (χ2v) is 6.75. The van der Waals surface area contributed by atoms with Crippen molar-refractivity contribution in [3.63, 3.8) is 0 Å². The van der Waals surface area contributed by atoms with Crippen LogP contribution in [0.3, 0.4) is 0 Å². The number of carbonyl (C=O) groups excluding carboxylic acids is 2. The SMILES string of the molecule is CC(C)(C)OC(=O)N1CCCCC1CNC(=O)c1ccccn1. The number of carbonyl (C=O) groups is 2. The Morgan fingerprint density at radius 2 is 2.13 bits per heavy atom. The Morgan fingerprint density at radius 1 is 1.35 bits per heavy atom. The number of piperidine rings is 1. The number of nitrogens with one attached hydrogen (secondary N) is 1. The third-order valence-corrected chi connectivity index (χ3v) is 3.65. The molecule has 0 spiro atoms. The van der Waals surface area contributed by atoms with E-state index in [0.717, 1.165) is 19.3 Å². The van der Waals surface area contributed by atoms with E-state index < -0.39 is 5.60 Å². The molecular weight excluding hydrogens is 294 g/mol. The van der Waals surface area contributed by atoms with E-state index in [2.05, 4.69) is 10.3 Å². The molecule has 126 valence electrons. The van der Waals surface area contributed by atoms with E-state index >= 15 is 0 Å². The molecule has 0 aliphatic carbocycles. The number of nitrogens with zero attached hydrogens (tertiary/aromatic N) is 2. The first-order chi connectivity index (χ1) is 10.9. The number of likely N-dealkylation sites (tertiary alicyclic amines) is 1. The lowest BCUT2D eigenvalue weighted by molar-refractivity contribution is 0.00986. The molecule has 1 aromatic rings. The van der Waals surface area contributed by atoms with E-state index in [1.54, 1.807) is 29.3 Å². The number of hydrogen-bond donors (Lipinski definition) is 1. The predicted molar refractivity (Wildman–Crippen MR) is 87.1 cm³/mol. The van der Waals surface area contributed by atoms with Gasteiger partial charge in [0.1, 0.15) is 11.3 Å². The van der Waals surface area contributed by atoms with Gasteiger partial charge in [0.25, 0.3) is 5.91 Å². The van der Waals surface area contributed by atoms with E-state index in [-0.39, 0.29) is 18.0 Å². The van der Waals surface area contributed by atoms with Gasteiger partial charge in [-0.15, -0.1) is 0 Å². The van der Waals surface area contributed by atoms with E-state index in [0.29, 0.717) is 18.8 Å². The molecule has 1 atom stereocenters. The van der Waals surface area contributed by atoms with Gasteiger partial charge in [-0.25, -0.2) is 4.79 Å². The van der Waals surface area contributed by atoms with Gasteiger partial charge >= 0.3 is 6.09 Å². The van der Waals surface area contributed by atoms with Crippen molar-refractivity contribution < 1.29 is 14.3 Å². The zero-order chi connectivity index (χ0) is 16.9. The molecule has 2 heterocycles. The van der Waals surface area contributed by atoms with Crippen LogP contribution in [0.5, 0.6) is 0 Å². The van der Waals surface area contributed by atoms with Gasteiger partial charge in [-0.3, -0.25) is 9.78 Å². The van der Waals surface area contributed by atoms with Crippen molar-refractivity contribution in [2.75, 3.05) is 13.1 Å². The minimum atomic E-state index is -0.518. The van der Waals surface area contributed by atoms with Gasteiger partial charge in [-0.05, 0) is 52.2 Å². The van der Waals surface area contributed by atoms with E-state index in [1.807, 2.05) is 20.8 Å². The molecule has 1 N–H and O–H groups in total. The number of aromatic nitrogens is 1. The first kappa shape index (κ1) is 17.2. The maximum Gasteiger partial charge on any atom is 0.410 e. The number of hydrogen-bond acceptors (Lipinski definition) is 4. The first-order valence-electron chi connectivity index (χ1n) is 8.06. The molecule has 2 rings (SSSR count). The number of rotatable bonds is 3. The highest BCUT2D eigenvalue weighted by atomic mass is 16.6. The van der Waals surface area contributed by atoms with Crippen LogP contribution in [0.15, 0.2) is 24.4 Å². The molecule has 1 aromatic heterocycles. The minimum Gasteiger partial charge on any atom is -0.444 e. The zero-order valence-corrected chi connectivity index (χ0v) is 14.0. The highest BCUT2D eigenvalue weighted by Crippen LogP contribution is 2.20. The second-order valence-electron chi connectivity index (χ2n) is 6.75. The molecule has 0 aromatic carbocycles. The van der Waals surface area contributed by atoms with Crippen LogP contribution >= 0.6 is 0 Å². The monoisotopic (exact) mass is 319 g/mol. The minimum absolute atomic E-state index is 0.0359. The molecule has 1 saturated heterocycles. The van der Waals surface area contributed by atoms with Gasteiger partial charge in [-0.1, -0.05) is 6.07 Å². The summed E-state index contributed by atoms with van der Waals surface area (Å²) < 4.78 is 5.46. The summed E-state index contributed by atoms with van der Waals surface area (Å²) in [6.45, 7) is 6.64. The van der Waals surface area contributed by atoms with Crippen LogP contribution in [-0.4, -0.2) is 46.6 Å². The van der Waals surface area contributed by atoms with Gasteiger partial charge < -0.3 is 15.0 Å². The summed E-state index contributed by atoms with van der Waals surface area (Å²) in [5.74, 6) is -0.222. The Kier molecular flexibility index (Phi) is 5.58. The maximum absolute atomic E-state index is 12.3. The van der Waals surface area contributed by atoms with Crippen molar-refractivity contribution in [3.8, 4) is 0 Å². The lowest BCUT2D eigenvalue weighted by Gasteiger charge is -2.36. The quantitative estimate of drug-likeness (QED) is 0.929. The smallest absolute Gasteiger partial charge is 0.410 e. The van der Waals surface area contributed by atoms with Gasteiger partial charge in [0.05, 0.1) is 6.04 Å². The largest absolute Gasteiger partial charge is 0.444 e. The van der Waals surface area contributed by atoms with Crippen LogP contribution in [0.2, 0.25) is 0 Å². The molecule has 0 radical (unpaired) electrons. The highest BCUT2D eigenvalue weighted by Gasteiger charge is 2.30. The van der Waals surface area contributed by atoms with E-state index in [1.165, 1.54) is 0 Å². The summed E-state index contributed by atoms with van der Waals surface area (Å²) in [6.07, 6.45) is 4.15. The third kappa shape index (κ3) is 5.23. The molecule has 1 fully saturated rings.